The van der Waals surface area contributed by atoms with E-state index in [1.807, 2.05) is 60.7 Å². The molecule has 154 valence electrons. The molecule has 2 aromatic carbocycles. The Kier molecular flexibility index (Phi) is 7.38. The molecule has 7 heteroatoms. The first-order valence-corrected chi connectivity index (χ1v) is 9.55. The zero-order valence-corrected chi connectivity index (χ0v) is 16.3. The number of aromatic nitrogens is 1. The predicted molar refractivity (Wildman–Crippen MR) is 113 cm³/mol. The molecule has 30 heavy (non-hydrogen) atoms. The Morgan fingerprint density at radius 1 is 0.967 bits per heavy atom. The van der Waals surface area contributed by atoms with Crippen LogP contribution in [0, 0.1) is 0 Å². The second-order valence-corrected chi connectivity index (χ2v) is 6.73. The first-order valence-electron chi connectivity index (χ1n) is 9.55. The van der Waals surface area contributed by atoms with E-state index in [2.05, 4.69) is 15.6 Å². The Bertz CT molecular complexity index is 957. The first kappa shape index (κ1) is 20.9. The van der Waals surface area contributed by atoms with E-state index in [0.717, 1.165) is 11.1 Å². The molecule has 0 aliphatic rings. The average Bonchev–Trinajstić information content (AvgIpc) is 3.26. The molecule has 0 aliphatic carbocycles. The molecule has 0 aliphatic heterocycles. The molecule has 0 bridgehead atoms. The Hall–Kier alpha value is -3.87. The number of rotatable bonds is 9. The van der Waals surface area contributed by atoms with Crippen LogP contribution in [0.1, 0.15) is 17.0 Å². The van der Waals surface area contributed by atoms with Gasteiger partial charge in [0.05, 0.1) is 12.2 Å². The normalized spacial score (nSPS) is 12.9. The molecular weight excluding hydrogens is 382 g/mol. The first-order chi connectivity index (χ1) is 14.6. The Morgan fingerprint density at radius 3 is 2.17 bits per heavy atom. The third-order valence-corrected chi connectivity index (χ3v) is 4.45. The van der Waals surface area contributed by atoms with Gasteiger partial charge in [-0.25, -0.2) is 9.78 Å². The number of carboxylic acid groups (broad SMARTS) is 1. The smallest absolute Gasteiger partial charge is 0.405 e. The fourth-order valence-electron chi connectivity index (χ4n) is 3.04. The zero-order chi connectivity index (χ0) is 21.2. The standard InChI is InChI=1S/C23H23N3O4/c27-22(20(26-23(28)29)16-18-9-5-2-6-10-18)25-19(11-12-21-24-13-14-30-21)15-17-7-3-1-4-8-17/h1-14,19-20,26H,15-16H2,(H,25,27)(H,28,29)/b12-11+. The van der Waals surface area contributed by atoms with Crippen molar-refractivity contribution in [2.24, 2.45) is 0 Å². The molecule has 0 saturated carbocycles. The maximum absolute atomic E-state index is 12.9. The van der Waals surface area contributed by atoms with Crippen LogP contribution in [0.5, 0.6) is 0 Å². The molecule has 1 aromatic heterocycles. The SMILES string of the molecule is O=C(O)NC(Cc1ccccc1)C(=O)NC(/C=C/c1ncco1)Cc1ccccc1. The fraction of sp³-hybridized carbons (Fsp3) is 0.174. The molecule has 2 atom stereocenters. The van der Waals surface area contributed by atoms with Crippen molar-refractivity contribution in [1.29, 1.82) is 0 Å². The second kappa shape index (κ2) is 10.6. The Morgan fingerprint density at radius 2 is 1.60 bits per heavy atom. The largest absolute Gasteiger partial charge is 0.465 e. The van der Waals surface area contributed by atoms with Gasteiger partial charge in [-0.05, 0) is 23.6 Å². The molecule has 3 aromatic rings. The van der Waals surface area contributed by atoms with Gasteiger partial charge in [0.25, 0.3) is 0 Å². The highest BCUT2D eigenvalue weighted by molar-refractivity contribution is 5.86. The van der Waals surface area contributed by atoms with Crippen LogP contribution < -0.4 is 10.6 Å². The van der Waals surface area contributed by atoms with E-state index < -0.39 is 18.0 Å². The van der Waals surface area contributed by atoms with Crippen molar-refractivity contribution >= 4 is 18.1 Å². The van der Waals surface area contributed by atoms with Gasteiger partial charge >= 0.3 is 6.09 Å². The zero-order valence-electron chi connectivity index (χ0n) is 16.3. The Labute approximate surface area is 174 Å². The summed E-state index contributed by atoms with van der Waals surface area (Å²) in [6.07, 6.45) is 6.02. The maximum Gasteiger partial charge on any atom is 0.405 e. The van der Waals surface area contributed by atoms with Crippen LogP contribution >= 0.6 is 0 Å². The number of benzene rings is 2. The number of hydrogen-bond acceptors (Lipinski definition) is 4. The summed E-state index contributed by atoms with van der Waals surface area (Å²) in [5.74, 6) is 0.0195. The number of amides is 2. The quantitative estimate of drug-likeness (QED) is 0.507. The molecule has 0 saturated heterocycles. The van der Waals surface area contributed by atoms with E-state index >= 15 is 0 Å². The monoisotopic (exact) mass is 405 g/mol. The lowest BCUT2D eigenvalue weighted by Crippen LogP contribution is -2.50. The van der Waals surface area contributed by atoms with Crippen LogP contribution in [0.3, 0.4) is 0 Å². The molecule has 3 rings (SSSR count). The third-order valence-electron chi connectivity index (χ3n) is 4.45. The van der Waals surface area contributed by atoms with Crippen LogP contribution in [0.2, 0.25) is 0 Å². The summed E-state index contributed by atoms with van der Waals surface area (Å²) in [4.78, 5) is 28.2. The fourth-order valence-corrected chi connectivity index (χ4v) is 3.04. The van der Waals surface area contributed by atoms with Crippen molar-refractivity contribution in [3.8, 4) is 0 Å². The summed E-state index contributed by atoms with van der Waals surface area (Å²) in [5, 5.41) is 14.4. The van der Waals surface area contributed by atoms with Crippen molar-refractivity contribution in [2.75, 3.05) is 0 Å². The van der Waals surface area contributed by atoms with E-state index in [-0.39, 0.29) is 12.5 Å². The highest BCUT2D eigenvalue weighted by Gasteiger charge is 2.23. The van der Waals surface area contributed by atoms with Crippen LogP contribution in [0.15, 0.2) is 83.6 Å². The number of carbonyl (C=O) groups is 2. The van der Waals surface area contributed by atoms with E-state index in [9.17, 15) is 14.7 Å². The topological polar surface area (TPSA) is 104 Å². The summed E-state index contributed by atoms with van der Waals surface area (Å²) < 4.78 is 5.22. The van der Waals surface area contributed by atoms with Crippen molar-refractivity contribution in [2.45, 2.75) is 24.9 Å². The van der Waals surface area contributed by atoms with Gasteiger partial charge in [0.1, 0.15) is 12.3 Å². The summed E-state index contributed by atoms with van der Waals surface area (Å²) in [5.41, 5.74) is 1.90. The molecule has 2 amide bonds. The van der Waals surface area contributed by atoms with Crippen molar-refractivity contribution in [3.63, 3.8) is 0 Å². The van der Waals surface area contributed by atoms with Gasteiger partial charge in [-0.15, -0.1) is 0 Å². The molecule has 3 N–H and O–H groups in total. The molecular formula is C23H23N3O4. The van der Waals surface area contributed by atoms with Gasteiger partial charge in [0.15, 0.2) is 0 Å². The minimum atomic E-state index is -1.25. The number of nitrogens with one attached hydrogen (secondary N) is 2. The van der Waals surface area contributed by atoms with E-state index in [4.69, 9.17) is 4.42 Å². The molecule has 1 heterocycles. The van der Waals surface area contributed by atoms with Crippen molar-refractivity contribution < 1.29 is 19.1 Å². The Balaban J connectivity index is 1.75. The van der Waals surface area contributed by atoms with Crippen LogP contribution in [-0.4, -0.2) is 34.2 Å². The van der Waals surface area contributed by atoms with Crippen LogP contribution in [0.4, 0.5) is 4.79 Å². The molecule has 0 spiro atoms. The molecule has 7 nitrogen and oxygen atoms in total. The number of oxazole rings is 1. The van der Waals surface area contributed by atoms with Gasteiger partial charge in [0.2, 0.25) is 11.8 Å². The average molecular weight is 405 g/mol. The van der Waals surface area contributed by atoms with E-state index in [1.54, 1.807) is 12.2 Å². The lowest BCUT2D eigenvalue weighted by Gasteiger charge is -2.21. The van der Waals surface area contributed by atoms with Crippen LogP contribution in [0.25, 0.3) is 6.08 Å². The lowest BCUT2D eigenvalue weighted by molar-refractivity contribution is -0.123. The van der Waals surface area contributed by atoms with Crippen molar-refractivity contribution in [1.82, 2.24) is 15.6 Å². The highest BCUT2D eigenvalue weighted by Crippen LogP contribution is 2.09. The molecule has 2 unspecified atom stereocenters. The minimum absolute atomic E-state index is 0.250. The molecule has 0 fully saturated rings. The minimum Gasteiger partial charge on any atom is -0.465 e. The number of nitrogens with zero attached hydrogens (tertiary/aromatic N) is 1. The van der Waals surface area contributed by atoms with Gasteiger partial charge in [0, 0.05) is 6.42 Å². The van der Waals surface area contributed by atoms with Gasteiger partial charge < -0.3 is 20.2 Å². The summed E-state index contributed by atoms with van der Waals surface area (Å²) >= 11 is 0. The second-order valence-electron chi connectivity index (χ2n) is 6.73. The highest BCUT2D eigenvalue weighted by atomic mass is 16.4. The van der Waals surface area contributed by atoms with Crippen LogP contribution in [-0.2, 0) is 17.6 Å². The van der Waals surface area contributed by atoms with Gasteiger partial charge in [-0.1, -0.05) is 66.7 Å². The lowest BCUT2D eigenvalue weighted by atomic mass is 10.0. The number of hydrogen-bond donors (Lipinski definition) is 3. The summed E-state index contributed by atoms with van der Waals surface area (Å²) in [7, 11) is 0. The summed E-state index contributed by atoms with van der Waals surface area (Å²) in [6.45, 7) is 0. The molecule has 0 radical (unpaired) electrons. The maximum atomic E-state index is 12.9. The predicted octanol–water partition coefficient (Wildman–Crippen LogP) is 3.29. The summed E-state index contributed by atoms with van der Waals surface area (Å²) in [6, 6.07) is 17.7. The third kappa shape index (κ3) is 6.63. The van der Waals surface area contributed by atoms with Gasteiger partial charge in [-0.2, -0.15) is 0 Å². The van der Waals surface area contributed by atoms with E-state index in [1.165, 1.54) is 12.5 Å². The number of carbonyl (C=O) groups excluding carboxylic acids is 1. The van der Waals surface area contributed by atoms with Gasteiger partial charge in [-0.3, -0.25) is 4.79 Å². The van der Waals surface area contributed by atoms with Crippen molar-refractivity contribution in [3.05, 3.63) is 96.2 Å². The van der Waals surface area contributed by atoms with E-state index in [0.29, 0.717) is 12.3 Å².